The number of hydrogen-bond acceptors (Lipinski definition) is 4. The highest BCUT2D eigenvalue weighted by molar-refractivity contribution is 7.91. The van der Waals surface area contributed by atoms with Crippen molar-refractivity contribution in [1.29, 1.82) is 0 Å². The number of halogens is 3. The maximum Gasteiger partial charge on any atom is 0.490 e. The van der Waals surface area contributed by atoms with Gasteiger partial charge in [0.25, 0.3) is 0 Å². The number of carboxylic acids is 1. The minimum atomic E-state index is -5.08. The van der Waals surface area contributed by atoms with Crippen molar-refractivity contribution in [3.8, 4) is 0 Å². The monoisotopic (exact) mass is 291 g/mol. The van der Waals surface area contributed by atoms with E-state index in [9.17, 15) is 26.4 Å². The molecule has 0 unspecified atom stereocenters. The number of hydrogen-bond donors (Lipinski definition) is 1. The third-order valence-electron chi connectivity index (χ3n) is 2.03. The summed E-state index contributed by atoms with van der Waals surface area (Å²) in [7, 11) is -2.84. The van der Waals surface area contributed by atoms with Crippen LogP contribution in [0.15, 0.2) is 0 Å². The van der Waals surface area contributed by atoms with E-state index in [1.165, 1.54) is 6.92 Å². The van der Waals surface area contributed by atoms with Crippen LogP contribution >= 0.6 is 0 Å². The van der Waals surface area contributed by atoms with E-state index < -0.39 is 22.0 Å². The first-order valence-electron chi connectivity index (χ1n) is 4.72. The maximum atomic E-state index is 10.9. The summed E-state index contributed by atoms with van der Waals surface area (Å²) in [5.74, 6) is -2.56. The van der Waals surface area contributed by atoms with Gasteiger partial charge in [0, 0.05) is 20.0 Å². The topological polar surface area (TPSA) is 91.8 Å². The molecule has 1 N–H and O–H groups in total. The Morgan fingerprint density at radius 1 is 1.17 bits per heavy atom. The Hall–Kier alpha value is -1.32. The van der Waals surface area contributed by atoms with E-state index in [-0.39, 0.29) is 17.4 Å². The van der Waals surface area contributed by atoms with E-state index in [1.807, 2.05) is 0 Å². The molecule has 1 fully saturated rings. The Morgan fingerprint density at radius 2 is 1.50 bits per heavy atom. The van der Waals surface area contributed by atoms with Gasteiger partial charge in [0.2, 0.25) is 5.91 Å². The van der Waals surface area contributed by atoms with Crippen molar-refractivity contribution in [1.82, 2.24) is 4.90 Å². The summed E-state index contributed by atoms with van der Waals surface area (Å²) in [4.78, 5) is 21.2. The van der Waals surface area contributed by atoms with Gasteiger partial charge in [-0.2, -0.15) is 13.2 Å². The van der Waals surface area contributed by atoms with Crippen LogP contribution in [0.25, 0.3) is 0 Å². The van der Waals surface area contributed by atoms with Crippen molar-refractivity contribution in [3.05, 3.63) is 0 Å². The zero-order chi connectivity index (χ0) is 14.6. The molecule has 0 aromatic carbocycles. The Bertz CT molecular complexity index is 403. The van der Waals surface area contributed by atoms with Gasteiger partial charge < -0.3 is 10.0 Å². The molecule has 0 atom stereocenters. The van der Waals surface area contributed by atoms with Crippen LogP contribution in [0.4, 0.5) is 13.2 Å². The number of amides is 1. The second-order valence-corrected chi connectivity index (χ2v) is 5.76. The Balaban J connectivity index is 0.000000360. The van der Waals surface area contributed by atoms with Crippen molar-refractivity contribution in [2.75, 3.05) is 24.6 Å². The van der Waals surface area contributed by atoms with Crippen molar-refractivity contribution in [2.24, 2.45) is 0 Å². The Labute approximate surface area is 101 Å². The number of alkyl halides is 3. The van der Waals surface area contributed by atoms with E-state index >= 15 is 0 Å². The van der Waals surface area contributed by atoms with Crippen LogP contribution in [-0.2, 0) is 19.4 Å². The van der Waals surface area contributed by atoms with Crippen LogP contribution in [0, 0.1) is 0 Å². The predicted octanol–water partition coefficient (Wildman–Crippen LogP) is -0.103. The van der Waals surface area contributed by atoms with Crippen LogP contribution in [-0.4, -0.2) is 61.1 Å². The molecule has 18 heavy (non-hydrogen) atoms. The zero-order valence-corrected chi connectivity index (χ0v) is 10.2. The van der Waals surface area contributed by atoms with E-state index in [0.717, 1.165) is 0 Å². The predicted molar refractivity (Wildman–Crippen MR) is 54.6 cm³/mol. The molecule has 1 rings (SSSR count). The van der Waals surface area contributed by atoms with Crippen molar-refractivity contribution < 1.29 is 36.3 Å². The number of carbonyl (C=O) groups excluding carboxylic acids is 1. The molecule has 106 valence electrons. The second-order valence-electron chi connectivity index (χ2n) is 3.46. The highest BCUT2D eigenvalue weighted by atomic mass is 32.2. The smallest absolute Gasteiger partial charge is 0.475 e. The summed E-state index contributed by atoms with van der Waals surface area (Å²) in [6.45, 7) is 2.17. The molecule has 1 heterocycles. The molecule has 1 amide bonds. The molecule has 6 nitrogen and oxygen atoms in total. The molecule has 0 radical (unpaired) electrons. The number of sulfone groups is 1. The minimum Gasteiger partial charge on any atom is -0.475 e. The van der Waals surface area contributed by atoms with Gasteiger partial charge in [0.1, 0.15) is 0 Å². The first-order valence-corrected chi connectivity index (χ1v) is 6.54. The van der Waals surface area contributed by atoms with Crippen molar-refractivity contribution in [2.45, 2.75) is 13.1 Å². The first-order chi connectivity index (χ1) is 7.96. The summed E-state index contributed by atoms with van der Waals surface area (Å²) < 4.78 is 53.5. The summed E-state index contributed by atoms with van der Waals surface area (Å²) in [5, 5.41) is 7.12. The fourth-order valence-corrected chi connectivity index (χ4v) is 2.23. The van der Waals surface area contributed by atoms with Crippen LogP contribution in [0.3, 0.4) is 0 Å². The van der Waals surface area contributed by atoms with E-state index in [2.05, 4.69) is 0 Å². The number of carbonyl (C=O) groups is 2. The van der Waals surface area contributed by atoms with Crippen LogP contribution in [0.5, 0.6) is 0 Å². The fraction of sp³-hybridized carbons (Fsp3) is 0.750. The number of carboxylic acid groups (broad SMARTS) is 1. The Morgan fingerprint density at radius 3 is 1.72 bits per heavy atom. The van der Waals surface area contributed by atoms with Crippen LogP contribution in [0.1, 0.15) is 6.92 Å². The van der Waals surface area contributed by atoms with Gasteiger partial charge in [0.05, 0.1) is 11.5 Å². The molecule has 0 aromatic rings. The molecule has 1 aliphatic heterocycles. The number of nitrogens with zero attached hydrogens (tertiary/aromatic N) is 1. The summed E-state index contributed by atoms with van der Waals surface area (Å²) in [6.07, 6.45) is -5.08. The lowest BCUT2D eigenvalue weighted by Gasteiger charge is -2.25. The Kier molecular flexibility index (Phi) is 5.58. The average Bonchev–Trinajstić information content (AvgIpc) is 2.16. The van der Waals surface area contributed by atoms with E-state index in [0.29, 0.717) is 13.1 Å². The second kappa shape index (κ2) is 6.03. The van der Waals surface area contributed by atoms with Crippen LogP contribution in [0.2, 0.25) is 0 Å². The first kappa shape index (κ1) is 16.7. The highest BCUT2D eigenvalue weighted by Crippen LogP contribution is 2.13. The largest absolute Gasteiger partial charge is 0.490 e. The minimum absolute atomic E-state index is 0.0418. The van der Waals surface area contributed by atoms with Gasteiger partial charge in [-0.1, -0.05) is 0 Å². The fourth-order valence-electron chi connectivity index (χ4n) is 1.03. The lowest BCUT2D eigenvalue weighted by atomic mass is 10.5. The van der Waals surface area contributed by atoms with Gasteiger partial charge in [-0.05, 0) is 0 Å². The van der Waals surface area contributed by atoms with Crippen LogP contribution < -0.4 is 0 Å². The van der Waals surface area contributed by atoms with E-state index in [4.69, 9.17) is 9.90 Å². The lowest BCUT2D eigenvalue weighted by Crippen LogP contribution is -2.42. The van der Waals surface area contributed by atoms with Gasteiger partial charge in [-0.15, -0.1) is 0 Å². The molecule has 10 heteroatoms. The van der Waals surface area contributed by atoms with Gasteiger partial charge in [-0.25, -0.2) is 13.2 Å². The summed E-state index contributed by atoms with van der Waals surface area (Å²) in [5.41, 5.74) is 0. The molecule has 1 aliphatic rings. The zero-order valence-electron chi connectivity index (χ0n) is 9.40. The molecule has 0 aliphatic carbocycles. The maximum absolute atomic E-state index is 10.9. The molecule has 0 bridgehead atoms. The summed E-state index contributed by atoms with van der Waals surface area (Å²) in [6, 6.07) is 0. The number of rotatable bonds is 0. The summed E-state index contributed by atoms with van der Waals surface area (Å²) >= 11 is 0. The normalized spacial score (nSPS) is 18.6. The third-order valence-corrected chi connectivity index (χ3v) is 3.64. The molecule has 0 aromatic heterocycles. The SMILES string of the molecule is CC(=O)N1CCS(=O)(=O)CC1.O=C(O)C(F)(F)F. The molecular weight excluding hydrogens is 279 g/mol. The average molecular weight is 291 g/mol. The molecule has 0 saturated carbocycles. The lowest BCUT2D eigenvalue weighted by molar-refractivity contribution is -0.192. The van der Waals surface area contributed by atoms with Gasteiger partial charge >= 0.3 is 12.1 Å². The highest BCUT2D eigenvalue weighted by Gasteiger charge is 2.38. The molecular formula is C8H12F3NO5S. The number of aliphatic carboxylic acids is 1. The molecule has 1 saturated heterocycles. The van der Waals surface area contributed by atoms with E-state index in [1.54, 1.807) is 4.90 Å². The van der Waals surface area contributed by atoms with Gasteiger partial charge in [0.15, 0.2) is 9.84 Å². The quantitative estimate of drug-likeness (QED) is 0.672. The third kappa shape index (κ3) is 6.42. The van der Waals surface area contributed by atoms with Crippen molar-refractivity contribution >= 4 is 21.7 Å². The van der Waals surface area contributed by atoms with Gasteiger partial charge in [-0.3, -0.25) is 4.79 Å². The molecule has 0 spiro atoms. The van der Waals surface area contributed by atoms with Crippen molar-refractivity contribution in [3.63, 3.8) is 0 Å². The standard InChI is InChI=1S/C6H11NO3S.C2HF3O2/c1-6(8)7-2-4-11(9,10)5-3-7;3-2(4,5)1(6)7/h2-5H2,1H3;(H,6,7).